The number of carbonyl (C=O) groups is 1. The van der Waals surface area contributed by atoms with Crippen LogP contribution < -0.4 is 0 Å². The van der Waals surface area contributed by atoms with Gasteiger partial charge in [-0.15, -0.1) is 0 Å². The number of aliphatic hydroxyl groups is 1. The average molecular weight is 395 g/mol. The van der Waals surface area contributed by atoms with E-state index >= 15 is 0 Å². The van der Waals surface area contributed by atoms with E-state index in [1.165, 1.54) is 31.3 Å². The molecule has 3 saturated carbocycles. The molecule has 0 bridgehead atoms. The molecule has 3 fully saturated rings. The normalized spacial score (nSPS) is 50.5. The first-order valence-electron chi connectivity index (χ1n) is 9.89. The number of Topliss-reactive ketones (excluding diaryl/α,β-unsaturated/α-hetero) is 1. The van der Waals surface area contributed by atoms with Crippen molar-refractivity contribution in [2.45, 2.75) is 71.3 Å². The Kier molecular flexibility index (Phi) is 4.28. The van der Waals surface area contributed by atoms with Gasteiger partial charge in [0.15, 0.2) is 0 Å². The molecule has 0 aliphatic heterocycles. The summed E-state index contributed by atoms with van der Waals surface area (Å²) in [5.74, 6) is 2.60. The van der Waals surface area contributed by atoms with Crippen LogP contribution in [-0.4, -0.2) is 22.3 Å². The second-order valence-electron chi connectivity index (χ2n) is 9.31. The van der Waals surface area contributed by atoms with Gasteiger partial charge in [-0.1, -0.05) is 41.4 Å². The molecule has 134 valence electrons. The number of halogens is 1. The number of ketones is 1. The Labute approximate surface area is 154 Å². The summed E-state index contributed by atoms with van der Waals surface area (Å²) in [6.45, 7) is 4.74. The molecule has 1 unspecified atom stereocenters. The predicted octanol–water partition coefficient (Wildman–Crippen LogP) is 4.89. The Morgan fingerprint density at radius 3 is 2.79 bits per heavy atom. The van der Waals surface area contributed by atoms with Gasteiger partial charge in [0.2, 0.25) is 0 Å². The van der Waals surface area contributed by atoms with E-state index in [4.69, 9.17) is 0 Å². The van der Waals surface area contributed by atoms with Crippen LogP contribution in [0.5, 0.6) is 0 Å². The monoisotopic (exact) mass is 394 g/mol. The van der Waals surface area contributed by atoms with Gasteiger partial charge in [-0.05, 0) is 74.5 Å². The Morgan fingerprint density at radius 2 is 2.04 bits per heavy atom. The van der Waals surface area contributed by atoms with E-state index in [1.54, 1.807) is 0 Å². The fraction of sp³-hybridized carbons (Fsp3) is 0.857. The summed E-state index contributed by atoms with van der Waals surface area (Å²) in [6.07, 6.45) is 11.4. The van der Waals surface area contributed by atoms with Crippen molar-refractivity contribution < 1.29 is 9.90 Å². The Bertz CT molecular complexity index is 570. The number of hydrogen-bond acceptors (Lipinski definition) is 2. The minimum absolute atomic E-state index is 0.0000151. The lowest BCUT2D eigenvalue weighted by Crippen LogP contribution is -2.54. The second kappa shape index (κ2) is 5.94. The third-order valence-electron chi connectivity index (χ3n) is 8.67. The summed E-state index contributed by atoms with van der Waals surface area (Å²) >= 11 is 3.40. The second-order valence-corrected chi connectivity index (χ2v) is 9.87. The highest BCUT2D eigenvalue weighted by atomic mass is 79.9. The number of aliphatic hydroxyl groups excluding tert-OH is 1. The van der Waals surface area contributed by atoms with Crippen molar-refractivity contribution in [1.82, 2.24) is 0 Å². The third kappa shape index (κ3) is 2.19. The van der Waals surface area contributed by atoms with Crippen molar-refractivity contribution in [3.05, 3.63) is 11.6 Å². The zero-order valence-corrected chi connectivity index (χ0v) is 16.6. The molecule has 0 radical (unpaired) electrons. The fourth-order valence-corrected chi connectivity index (χ4v) is 7.73. The minimum Gasteiger partial charge on any atom is -0.392 e. The summed E-state index contributed by atoms with van der Waals surface area (Å²) in [4.78, 5) is 12.5. The van der Waals surface area contributed by atoms with Crippen LogP contribution in [0.2, 0.25) is 0 Å². The van der Waals surface area contributed by atoms with E-state index in [9.17, 15) is 9.90 Å². The molecular formula is C21H31BrO2. The van der Waals surface area contributed by atoms with E-state index < -0.39 is 0 Å². The fourth-order valence-electron chi connectivity index (χ4n) is 7.34. The maximum atomic E-state index is 12.5. The lowest BCUT2D eigenvalue weighted by molar-refractivity contribution is -0.128. The molecule has 0 aromatic heterocycles. The van der Waals surface area contributed by atoms with E-state index in [2.05, 4.69) is 35.9 Å². The minimum atomic E-state index is -0.170. The largest absolute Gasteiger partial charge is 0.392 e. The lowest BCUT2D eigenvalue weighted by atomic mass is 9.47. The molecule has 1 N–H and O–H groups in total. The van der Waals surface area contributed by atoms with Crippen LogP contribution >= 0.6 is 15.9 Å². The van der Waals surface area contributed by atoms with Gasteiger partial charge in [0, 0.05) is 11.3 Å². The van der Waals surface area contributed by atoms with Gasteiger partial charge < -0.3 is 5.11 Å². The van der Waals surface area contributed by atoms with Crippen molar-refractivity contribution in [3.8, 4) is 0 Å². The van der Waals surface area contributed by atoms with Gasteiger partial charge >= 0.3 is 0 Å². The molecule has 4 aliphatic carbocycles. The number of alkyl halides is 1. The summed E-state index contributed by atoms with van der Waals surface area (Å²) in [5.41, 5.74) is 1.73. The van der Waals surface area contributed by atoms with Crippen LogP contribution in [-0.2, 0) is 4.79 Å². The van der Waals surface area contributed by atoms with Crippen LogP contribution in [0, 0.1) is 34.5 Å². The molecule has 0 aromatic rings. The highest BCUT2D eigenvalue weighted by molar-refractivity contribution is 9.09. The number of hydrogen-bond donors (Lipinski definition) is 1. The molecule has 0 heterocycles. The van der Waals surface area contributed by atoms with E-state index in [1.807, 2.05) is 0 Å². The Balaban J connectivity index is 1.67. The summed E-state index contributed by atoms with van der Waals surface area (Å²) in [7, 11) is 0. The van der Waals surface area contributed by atoms with Crippen LogP contribution in [0.15, 0.2) is 11.6 Å². The SMILES string of the molecule is C[C@]12CC[C@H]3[C@@H](CC=C4CCCC(O)[C@@]43C)[C@@H]1CC[C@@H]2C(=O)CBr. The van der Waals surface area contributed by atoms with Gasteiger partial charge in [0.05, 0.1) is 11.4 Å². The van der Waals surface area contributed by atoms with Crippen LogP contribution in [0.3, 0.4) is 0 Å². The summed E-state index contributed by atoms with van der Waals surface area (Å²) in [5, 5.41) is 11.4. The standard InChI is InChI=1S/C21H31BrO2/c1-20-11-10-16-14(15(20)8-9-17(20)18(23)12-22)7-6-13-4-3-5-19(24)21(13,16)2/h6,14-17,19,24H,3-5,7-12H2,1-2H3/t14-,15-,16-,17+,19?,20-,21-/m0/s1. The molecular weight excluding hydrogens is 364 g/mol. The first-order valence-corrected chi connectivity index (χ1v) is 11.0. The van der Waals surface area contributed by atoms with Gasteiger partial charge in [-0.25, -0.2) is 0 Å². The zero-order chi connectivity index (χ0) is 17.1. The molecule has 0 amide bonds. The molecule has 0 saturated heterocycles. The first kappa shape index (κ1) is 17.3. The summed E-state index contributed by atoms with van der Waals surface area (Å²) < 4.78 is 0. The van der Waals surface area contributed by atoms with Gasteiger partial charge in [-0.3, -0.25) is 4.79 Å². The predicted molar refractivity (Wildman–Crippen MR) is 100 cm³/mol. The Morgan fingerprint density at radius 1 is 1.25 bits per heavy atom. The van der Waals surface area contributed by atoms with E-state index in [0.29, 0.717) is 28.9 Å². The molecule has 0 aromatic carbocycles. The van der Waals surface area contributed by atoms with Gasteiger partial charge in [-0.2, -0.15) is 0 Å². The maximum absolute atomic E-state index is 12.5. The van der Waals surface area contributed by atoms with Gasteiger partial charge in [0.1, 0.15) is 5.78 Å². The van der Waals surface area contributed by atoms with Crippen molar-refractivity contribution in [3.63, 3.8) is 0 Å². The van der Waals surface area contributed by atoms with Gasteiger partial charge in [0.25, 0.3) is 0 Å². The maximum Gasteiger partial charge on any atom is 0.147 e. The van der Waals surface area contributed by atoms with Crippen molar-refractivity contribution in [2.24, 2.45) is 34.5 Å². The van der Waals surface area contributed by atoms with Crippen LogP contribution in [0.4, 0.5) is 0 Å². The van der Waals surface area contributed by atoms with E-state index in [0.717, 1.165) is 25.7 Å². The number of rotatable bonds is 2. The molecule has 0 spiro atoms. The van der Waals surface area contributed by atoms with Crippen molar-refractivity contribution >= 4 is 21.7 Å². The first-order chi connectivity index (χ1) is 11.4. The quantitative estimate of drug-likeness (QED) is 0.534. The average Bonchev–Trinajstić information content (AvgIpc) is 2.92. The molecule has 2 nitrogen and oxygen atoms in total. The molecule has 3 heteroatoms. The molecule has 7 atom stereocenters. The Hall–Kier alpha value is -0.150. The topological polar surface area (TPSA) is 37.3 Å². The zero-order valence-electron chi connectivity index (χ0n) is 15.1. The highest BCUT2D eigenvalue weighted by Crippen LogP contribution is 2.66. The number of carbonyl (C=O) groups excluding carboxylic acids is 1. The third-order valence-corrected chi connectivity index (χ3v) is 9.22. The molecule has 4 rings (SSSR count). The smallest absolute Gasteiger partial charge is 0.147 e. The summed E-state index contributed by atoms with van der Waals surface area (Å²) in [6, 6.07) is 0. The van der Waals surface area contributed by atoms with Crippen LogP contribution in [0.25, 0.3) is 0 Å². The number of allylic oxidation sites excluding steroid dienone is 1. The highest BCUT2D eigenvalue weighted by Gasteiger charge is 2.60. The number of fused-ring (bicyclic) bond motifs is 5. The van der Waals surface area contributed by atoms with Crippen LogP contribution in [0.1, 0.15) is 65.2 Å². The molecule has 24 heavy (non-hydrogen) atoms. The van der Waals surface area contributed by atoms with Crippen molar-refractivity contribution in [1.29, 1.82) is 0 Å². The van der Waals surface area contributed by atoms with E-state index in [-0.39, 0.29) is 22.9 Å². The molecule has 4 aliphatic rings. The lowest BCUT2D eigenvalue weighted by Gasteiger charge is -2.58. The van der Waals surface area contributed by atoms with Crippen molar-refractivity contribution in [2.75, 3.05) is 5.33 Å².